The maximum atomic E-state index is 7.31. The Bertz CT molecular complexity index is 9090. The zero-order valence-electron chi connectivity index (χ0n) is 69.6. The average Bonchev–Trinajstić information content (AvgIpc) is 1.56. The van der Waals surface area contributed by atoms with Crippen LogP contribution < -0.4 is 21.3 Å². The van der Waals surface area contributed by atoms with Crippen molar-refractivity contribution in [1.29, 1.82) is 0 Å². The molecule has 0 fully saturated rings. The van der Waals surface area contributed by atoms with Crippen LogP contribution in [-0.4, -0.2) is 70.0 Å². The van der Waals surface area contributed by atoms with Gasteiger partial charge in [0, 0.05) is 159 Å². The second-order valence-electron chi connectivity index (χ2n) is 32.3. The fourth-order valence-electron chi connectivity index (χ4n) is 18.7. The minimum atomic E-state index is 0.537. The molecule has 18 aromatic carbocycles. The molecule has 21 heteroatoms. The van der Waals surface area contributed by atoms with Crippen molar-refractivity contribution in [2.24, 2.45) is 0 Å². The Balaban J connectivity index is 0.0000000995. The Morgan fingerprint density at radius 3 is 1.02 bits per heavy atom. The second kappa shape index (κ2) is 32.4. The van der Waals surface area contributed by atoms with Crippen LogP contribution in [-0.2, 0) is 0 Å². The van der Waals surface area contributed by atoms with E-state index in [4.69, 9.17) is 50.9 Å². The molecule has 26 aromatic rings. The zero-order chi connectivity index (χ0) is 87.4. The van der Waals surface area contributed by atoms with Gasteiger partial charge in [-0.25, -0.2) is 24.8 Å². The molecule has 0 amide bonds. The number of hydrogen-bond acceptors (Lipinski definition) is 6. The van der Waals surface area contributed by atoms with Crippen LogP contribution in [0.5, 0.6) is 0 Å². The van der Waals surface area contributed by atoms with Gasteiger partial charge in [0.1, 0.15) is 23.3 Å². The van der Waals surface area contributed by atoms with E-state index in [1.54, 1.807) is 0 Å². The fraction of sp³-hybridized carbons (Fsp3) is 0.0183. The number of imidazole rings is 4. The van der Waals surface area contributed by atoms with E-state index in [1.165, 1.54) is 43.1 Å². The standard InChI is InChI=1S/C31H23N5S.C30H20BrN5S.C24H16BrN3.C24H14N4/c1-18-27(24-13-7-8-14-26(24)32-18)30-35-28-23-12-6-5-11-21(23)22-16-15-20(17-25(22)29(28)36-30)34-31(37)33-19-9-3-2-4-10-19;31-17-10-13-26-23(14-17)25(16-32-26)29-35-27-22-9-5-4-8-20(22)21-12-11-19(15-24(21)28(27)36-29)34-30(37)33-18-6-2-1-3-7-18;1-13-21(18-8-4-5-9-20(18)26-13)24-27-22-17-7-3-2-6-15(17)16-11-10-14(25)12-19(16)23(22)28-24;1-25-14-10-11-21-19(12-14)20(13-26-21)24-27-22-17-8-4-2-6-15(17)16-7-3-5-9-18(16)23(22)28-24/h2-17,32H,1H3,(H,35,36)(H2,33,34,37);1-16,32H,(H,35,36)(H2,33,34,37);2-12,26H,1H3,(H,27,28);2-13,26H,(H,27,28). The highest BCUT2D eigenvalue weighted by Crippen LogP contribution is 2.45. The number of benzene rings is 18. The predicted molar refractivity (Wildman–Crippen MR) is 557 cm³/mol. The van der Waals surface area contributed by atoms with Crippen LogP contribution in [0.25, 0.3) is 224 Å². The van der Waals surface area contributed by atoms with Gasteiger partial charge in [0.2, 0.25) is 0 Å². The van der Waals surface area contributed by atoms with Gasteiger partial charge in [-0.15, -0.1) is 0 Å². The monoisotopic (exact) mass is 1840 g/mol. The van der Waals surface area contributed by atoms with Crippen molar-refractivity contribution < 1.29 is 0 Å². The Morgan fingerprint density at radius 1 is 0.277 bits per heavy atom. The van der Waals surface area contributed by atoms with Gasteiger partial charge in [-0.2, -0.15) is 0 Å². The van der Waals surface area contributed by atoms with Crippen molar-refractivity contribution in [3.8, 4) is 45.6 Å². The summed E-state index contributed by atoms with van der Waals surface area (Å²) in [5, 5.41) is 37.3. The van der Waals surface area contributed by atoms with Crippen LogP contribution in [0.15, 0.2) is 343 Å². The summed E-state index contributed by atoms with van der Waals surface area (Å²) < 4.78 is 2.09. The SMILES string of the molecule is Cc1[nH]c2ccccc2c1-c1nc2c3cc(Br)ccc3c3ccccc3c2[nH]1.Cc1[nH]c2ccccc2c1-c1nc2c3cc(NC(=S)Nc4ccccc4)ccc3c3ccccc3c2[nH]1.S=C(Nc1ccccc1)Nc1ccc2c3ccccc3c3[nH]c(-c4c[nH]c5ccc(Br)cc45)nc3c2c1.[C-]#[N+]c1ccc2[nH]cc(-c3nc4c5ccccc5c5ccccc5c4[nH]3)c2c1. The predicted octanol–water partition coefficient (Wildman–Crippen LogP) is 30.4. The molecule has 620 valence electrons. The third-order valence-electron chi connectivity index (χ3n) is 24.5. The van der Waals surface area contributed by atoms with Gasteiger partial charge >= 0.3 is 0 Å². The lowest BCUT2D eigenvalue weighted by atomic mass is 9.99. The molecule has 130 heavy (non-hydrogen) atoms. The van der Waals surface area contributed by atoms with Gasteiger partial charge in [-0.05, 0) is 190 Å². The molecule has 8 heterocycles. The molecule has 0 aliphatic carbocycles. The average molecular weight is 1840 g/mol. The quantitative estimate of drug-likeness (QED) is 0.0391. The van der Waals surface area contributed by atoms with Crippen molar-refractivity contribution in [3.63, 3.8) is 0 Å². The van der Waals surface area contributed by atoms with Crippen molar-refractivity contribution in [1.82, 2.24) is 59.8 Å². The number of para-hydroxylation sites is 4. The van der Waals surface area contributed by atoms with Gasteiger partial charge in [0.25, 0.3) is 0 Å². The zero-order valence-corrected chi connectivity index (χ0v) is 74.4. The number of aromatic amines is 8. The minimum absolute atomic E-state index is 0.537. The molecule has 0 aliphatic rings. The van der Waals surface area contributed by atoms with E-state index in [2.05, 4.69) is 342 Å². The molecule has 12 N–H and O–H groups in total. The molecule has 8 aromatic heterocycles. The van der Waals surface area contributed by atoms with Crippen LogP contribution in [0.3, 0.4) is 0 Å². The Hall–Kier alpha value is -16.1. The molecule has 0 saturated heterocycles. The van der Waals surface area contributed by atoms with Gasteiger partial charge in [0.15, 0.2) is 15.9 Å². The Labute approximate surface area is 769 Å². The Morgan fingerprint density at radius 2 is 0.585 bits per heavy atom. The molecule has 0 radical (unpaired) electrons. The summed E-state index contributed by atoms with van der Waals surface area (Å²) in [7, 11) is 0. The van der Waals surface area contributed by atoms with E-state index >= 15 is 0 Å². The number of anilines is 4. The number of hydrogen-bond donors (Lipinski definition) is 12. The number of H-pyrrole nitrogens is 8. The molecular formula is C109H73Br2N17S2. The number of nitrogens with zero attached hydrogens (tertiary/aromatic N) is 5. The van der Waals surface area contributed by atoms with Crippen molar-refractivity contribution in [3.05, 3.63) is 366 Å². The summed E-state index contributed by atoms with van der Waals surface area (Å²) in [4.78, 5) is 52.1. The molecule has 0 atom stereocenters. The summed E-state index contributed by atoms with van der Waals surface area (Å²) in [6.07, 6.45) is 3.97. The third kappa shape index (κ3) is 14.0. The van der Waals surface area contributed by atoms with Crippen LogP contribution in [0.4, 0.5) is 28.4 Å². The van der Waals surface area contributed by atoms with Crippen molar-refractivity contribution in [2.75, 3.05) is 21.3 Å². The summed E-state index contributed by atoms with van der Waals surface area (Å²) in [5.41, 5.74) is 23.1. The highest BCUT2D eigenvalue weighted by molar-refractivity contribution is 9.10. The largest absolute Gasteiger partial charge is 0.361 e. The van der Waals surface area contributed by atoms with Gasteiger partial charge in [0.05, 0.1) is 50.7 Å². The molecule has 0 spiro atoms. The molecule has 0 bridgehead atoms. The van der Waals surface area contributed by atoms with E-state index in [1.807, 2.05) is 103 Å². The van der Waals surface area contributed by atoms with Crippen molar-refractivity contribution in [2.45, 2.75) is 13.8 Å². The van der Waals surface area contributed by atoms with Crippen LogP contribution >= 0.6 is 56.3 Å². The lowest BCUT2D eigenvalue weighted by Gasteiger charge is -2.12. The van der Waals surface area contributed by atoms with Crippen molar-refractivity contribution >= 4 is 269 Å². The molecule has 0 aliphatic heterocycles. The van der Waals surface area contributed by atoms with Gasteiger partial charge < -0.3 is 61.1 Å². The summed E-state index contributed by atoms with van der Waals surface area (Å²) in [5.74, 6) is 3.41. The minimum Gasteiger partial charge on any atom is -0.361 e. The first-order valence-electron chi connectivity index (χ1n) is 42.5. The lowest BCUT2D eigenvalue weighted by molar-refractivity contribution is 1.26. The number of fused-ring (bicyclic) bond motifs is 28. The van der Waals surface area contributed by atoms with Crippen LogP contribution in [0.1, 0.15) is 11.4 Å². The van der Waals surface area contributed by atoms with E-state index < -0.39 is 0 Å². The highest BCUT2D eigenvalue weighted by atomic mass is 79.9. The number of nitrogens with one attached hydrogen (secondary N) is 12. The van der Waals surface area contributed by atoms with E-state index in [0.717, 1.165) is 219 Å². The summed E-state index contributed by atoms with van der Waals surface area (Å²) in [6, 6.07) is 110. The first-order chi connectivity index (χ1) is 63.8. The van der Waals surface area contributed by atoms with E-state index in [0.29, 0.717) is 15.9 Å². The maximum Gasteiger partial charge on any atom is 0.188 e. The second-order valence-corrected chi connectivity index (χ2v) is 35.0. The molecule has 26 rings (SSSR count). The number of thiocarbonyl (C=S) groups is 2. The van der Waals surface area contributed by atoms with E-state index in [-0.39, 0.29) is 0 Å². The van der Waals surface area contributed by atoms with Crippen LogP contribution in [0, 0.1) is 20.4 Å². The Kier molecular flexibility index (Phi) is 19.6. The number of rotatable bonds is 8. The lowest BCUT2D eigenvalue weighted by Crippen LogP contribution is -2.18. The topological polar surface area (TPSA) is 230 Å². The molecule has 0 unspecified atom stereocenters. The molecule has 0 saturated carbocycles. The third-order valence-corrected chi connectivity index (χ3v) is 25.9. The normalized spacial score (nSPS) is 11.6. The first kappa shape index (κ1) is 78.6. The molecule has 17 nitrogen and oxygen atoms in total. The fourth-order valence-corrected chi connectivity index (χ4v) is 19.9. The molecular weight excluding hydrogens is 1770 g/mol. The maximum absolute atomic E-state index is 7.31. The first-order valence-corrected chi connectivity index (χ1v) is 44.9. The number of aromatic nitrogens is 12. The summed E-state index contributed by atoms with van der Waals surface area (Å²) in [6.45, 7) is 11.5. The highest BCUT2D eigenvalue weighted by Gasteiger charge is 2.24. The van der Waals surface area contributed by atoms with Gasteiger partial charge in [-0.3, -0.25) is 0 Å². The van der Waals surface area contributed by atoms with E-state index in [9.17, 15) is 0 Å². The smallest absolute Gasteiger partial charge is 0.188 e. The summed E-state index contributed by atoms with van der Waals surface area (Å²) >= 11 is 18.4. The number of halogens is 2. The van der Waals surface area contributed by atoms with Crippen LogP contribution in [0.2, 0.25) is 0 Å². The van der Waals surface area contributed by atoms with Gasteiger partial charge in [-0.1, -0.05) is 250 Å². The number of aryl methyl sites for hydroxylation is 2.